The maximum atomic E-state index is 11.7. The van der Waals surface area contributed by atoms with E-state index in [2.05, 4.69) is 31.9 Å². The molecule has 3 aromatic rings. The van der Waals surface area contributed by atoms with Gasteiger partial charge in [-0.3, -0.25) is 20.2 Å². The van der Waals surface area contributed by atoms with Crippen molar-refractivity contribution in [3.63, 3.8) is 0 Å². The molecular formula is C22H16Br2N2O4. The molecule has 2 atom stereocenters. The highest BCUT2D eigenvalue weighted by molar-refractivity contribution is 9.12. The molecular weight excluding hydrogens is 516 g/mol. The van der Waals surface area contributed by atoms with Gasteiger partial charge in [0.15, 0.2) is 0 Å². The van der Waals surface area contributed by atoms with Gasteiger partial charge in [-0.1, -0.05) is 98.6 Å². The number of nitrogens with zero attached hydrogens (tertiary/aromatic N) is 2. The summed E-state index contributed by atoms with van der Waals surface area (Å²) in [5.74, 6) is 0. The molecule has 0 fully saturated rings. The lowest BCUT2D eigenvalue weighted by Gasteiger charge is -2.18. The molecule has 152 valence electrons. The zero-order chi connectivity index (χ0) is 21.7. The minimum absolute atomic E-state index is 0.273. The van der Waals surface area contributed by atoms with Crippen LogP contribution in [0.25, 0.3) is 12.2 Å². The molecule has 0 aliphatic carbocycles. The van der Waals surface area contributed by atoms with Crippen molar-refractivity contribution in [3.8, 4) is 0 Å². The number of nitro benzene ring substituents is 2. The Kier molecular flexibility index (Phi) is 7.12. The third-order valence-corrected chi connectivity index (χ3v) is 7.29. The molecule has 0 spiro atoms. The Morgan fingerprint density at radius 2 is 1.30 bits per heavy atom. The van der Waals surface area contributed by atoms with Crippen molar-refractivity contribution in [2.24, 2.45) is 0 Å². The molecule has 0 amide bonds. The summed E-state index contributed by atoms with van der Waals surface area (Å²) in [4.78, 5) is 21.3. The topological polar surface area (TPSA) is 86.3 Å². The average Bonchev–Trinajstić information content (AvgIpc) is 2.77. The van der Waals surface area contributed by atoms with Crippen LogP contribution in [0.2, 0.25) is 0 Å². The van der Waals surface area contributed by atoms with Crippen LogP contribution in [0.15, 0.2) is 72.8 Å². The minimum atomic E-state index is -0.604. The van der Waals surface area contributed by atoms with Gasteiger partial charge in [0, 0.05) is 5.56 Å². The normalized spacial score (nSPS) is 13.1. The maximum Gasteiger partial charge on any atom is 0.283 e. The van der Waals surface area contributed by atoms with Gasteiger partial charge in [0.05, 0.1) is 31.1 Å². The van der Waals surface area contributed by atoms with E-state index in [4.69, 9.17) is 0 Å². The second-order valence-electron chi connectivity index (χ2n) is 6.44. The fraction of sp³-hybridized carbons (Fsp3) is 0.0909. The van der Waals surface area contributed by atoms with Crippen LogP contribution in [-0.4, -0.2) is 9.85 Å². The van der Waals surface area contributed by atoms with Crippen LogP contribution >= 0.6 is 31.9 Å². The second kappa shape index (κ2) is 9.77. The molecule has 3 aromatic carbocycles. The molecule has 0 radical (unpaired) electrons. The first-order valence-corrected chi connectivity index (χ1v) is 10.7. The van der Waals surface area contributed by atoms with Gasteiger partial charge < -0.3 is 0 Å². The SMILES string of the molecule is O=[N+]([O-])c1cc([N+](=O)[O-])c([C@@H](Br)[C@@H](Br)c2ccccc2)cc1/C=C\c1ccccc1. The lowest BCUT2D eigenvalue weighted by molar-refractivity contribution is -0.394. The summed E-state index contributed by atoms with van der Waals surface area (Å²) >= 11 is 7.15. The van der Waals surface area contributed by atoms with E-state index in [-0.39, 0.29) is 16.2 Å². The number of hydrogen-bond donors (Lipinski definition) is 0. The second-order valence-corrected chi connectivity index (χ2v) is 8.42. The van der Waals surface area contributed by atoms with E-state index in [1.165, 1.54) is 6.07 Å². The van der Waals surface area contributed by atoms with E-state index in [1.807, 2.05) is 60.7 Å². The highest BCUT2D eigenvalue weighted by atomic mass is 79.9. The van der Waals surface area contributed by atoms with E-state index in [9.17, 15) is 20.2 Å². The number of alkyl halides is 2. The fourth-order valence-electron chi connectivity index (χ4n) is 3.00. The fourth-order valence-corrected chi connectivity index (χ4v) is 4.26. The monoisotopic (exact) mass is 530 g/mol. The van der Waals surface area contributed by atoms with E-state index in [1.54, 1.807) is 12.2 Å². The van der Waals surface area contributed by atoms with Crippen LogP contribution in [0, 0.1) is 20.2 Å². The Hall–Kier alpha value is -2.84. The third-order valence-electron chi connectivity index (χ3n) is 4.50. The predicted octanol–water partition coefficient (Wildman–Crippen LogP) is 7.25. The Bertz CT molecular complexity index is 1090. The van der Waals surface area contributed by atoms with Gasteiger partial charge in [0.2, 0.25) is 0 Å². The molecule has 0 saturated heterocycles. The summed E-state index contributed by atoms with van der Waals surface area (Å²) in [6, 6.07) is 21.3. The first-order valence-electron chi connectivity index (χ1n) is 8.91. The van der Waals surface area contributed by atoms with Gasteiger partial charge in [-0.2, -0.15) is 0 Å². The van der Waals surface area contributed by atoms with Crippen molar-refractivity contribution in [1.82, 2.24) is 0 Å². The van der Waals surface area contributed by atoms with Crippen LogP contribution in [0.4, 0.5) is 11.4 Å². The Morgan fingerprint density at radius 1 is 0.733 bits per heavy atom. The average molecular weight is 532 g/mol. The molecule has 0 bridgehead atoms. The first-order chi connectivity index (χ1) is 14.4. The highest BCUT2D eigenvalue weighted by Gasteiger charge is 2.30. The summed E-state index contributed by atoms with van der Waals surface area (Å²) in [5, 5.41) is 23.3. The van der Waals surface area contributed by atoms with Crippen molar-refractivity contribution in [2.45, 2.75) is 9.65 Å². The van der Waals surface area contributed by atoms with Gasteiger partial charge in [-0.15, -0.1) is 0 Å². The van der Waals surface area contributed by atoms with Gasteiger partial charge >= 0.3 is 0 Å². The molecule has 3 rings (SSSR count). The molecule has 0 heterocycles. The molecule has 0 aliphatic rings. The summed E-state index contributed by atoms with van der Waals surface area (Å²) in [6.07, 6.45) is 3.34. The number of nitro groups is 2. The maximum absolute atomic E-state index is 11.7. The molecule has 0 aliphatic heterocycles. The molecule has 8 heteroatoms. The van der Waals surface area contributed by atoms with Crippen molar-refractivity contribution in [3.05, 3.63) is 115 Å². The quantitative estimate of drug-likeness (QED) is 0.139. The molecule has 0 aromatic heterocycles. The molecule has 0 saturated carbocycles. The first kappa shape index (κ1) is 21.9. The Morgan fingerprint density at radius 3 is 1.87 bits per heavy atom. The van der Waals surface area contributed by atoms with Crippen molar-refractivity contribution < 1.29 is 9.85 Å². The third kappa shape index (κ3) is 5.01. The van der Waals surface area contributed by atoms with Crippen molar-refractivity contribution in [2.75, 3.05) is 0 Å². The van der Waals surface area contributed by atoms with Crippen LogP contribution < -0.4 is 0 Å². The summed E-state index contributed by atoms with van der Waals surface area (Å²) in [5.41, 5.74) is 1.81. The number of benzene rings is 3. The Labute approximate surface area is 189 Å². The van der Waals surface area contributed by atoms with Gasteiger partial charge in [0.1, 0.15) is 0 Å². The lowest BCUT2D eigenvalue weighted by atomic mass is 9.98. The van der Waals surface area contributed by atoms with Gasteiger partial charge in [0.25, 0.3) is 11.4 Å². The Balaban J connectivity index is 2.10. The standard InChI is InChI=1S/C22H16Br2N2O4/c23-21(16-9-5-2-6-10-16)22(24)18-13-17(12-11-15-7-3-1-4-8-15)19(25(27)28)14-20(18)26(29)30/h1-14,21-22H/b12-11-/t21-,22+/m0/s1. The van der Waals surface area contributed by atoms with E-state index >= 15 is 0 Å². The number of hydrogen-bond acceptors (Lipinski definition) is 4. The lowest BCUT2D eigenvalue weighted by Crippen LogP contribution is -2.05. The van der Waals surface area contributed by atoms with Crippen LogP contribution in [0.1, 0.15) is 31.9 Å². The number of rotatable bonds is 7. The summed E-state index contributed by atoms with van der Waals surface area (Å²) < 4.78 is 0. The largest absolute Gasteiger partial charge is 0.283 e. The van der Waals surface area contributed by atoms with Crippen molar-refractivity contribution >= 4 is 55.4 Å². The van der Waals surface area contributed by atoms with Gasteiger partial charge in [-0.25, -0.2) is 0 Å². The zero-order valence-electron chi connectivity index (χ0n) is 15.5. The predicted molar refractivity (Wildman–Crippen MR) is 125 cm³/mol. The smallest absolute Gasteiger partial charge is 0.258 e. The highest BCUT2D eigenvalue weighted by Crippen LogP contribution is 2.46. The minimum Gasteiger partial charge on any atom is -0.258 e. The van der Waals surface area contributed by atoms with E-state index < -0.39 is 14.7 Å². The zero-order valence-corrected chi connectivity index (χ0v) is 18.7. The van der Waals surface area contributed by atoms with E-state index in [0.717, 1.165) is 17.2 Å². The molecule has 30 heavy (non-hydrogen) atoms. The van der Waals surface area contributed by atoms with E-state index in [0.29, 0.717) is 11.1 Å². The van der Waals surface area contributed by atoms with Crippen LogP contribution in [0.3, 0.4) is 0 Å². The molecule has 0 unspecified atom stereocenters. The summed E-state index contributed by atoms with van der Waals surface area (Å²) in [6.45, 7) is 0. The molecule has 6 nitrogen and oxygen atoms in total. The van der Waals surface area contributed by atoms with Crippen molar-refractivity contribution in [1.29, 1.82) is 0 Å². The summed E-state index contributed by atoms with van der Waals surface area (Å²) in [7, 11) is 0. The van der Waals surface area contributed by atoms with Gasteiger partial charge in [-0.05, 0) is 23.3 Å². The van der Waals surface area contributed by atoms with Crippen LogP contribution in [0.5, 0.6) is 0 Å². The molecule has 0 N–H and O–H groups in total. The van der Waals surface area contributed by atoms with Crippen LogP contribution in [-0.2, 0) is 0 Å². The number of halogens is 2.